The number of aromatic nitrogens is 2. The minimum Gasteiger partial charge on any atom is -0.396 e. The Morgan fingerprint density at radius 2 is 2.13 bits per heavy atom. The van der Waals surface area contributed by atoms with E-state index in [4.69, 9.17) is 0 Å². The smallest absolute Gasteiger partial charge is 0.227 e. The van der Waals surface area contributed by atoms with Crippen molar-refractivity contribution < 1.29 is 10.2 Å². The van der Waals surface area contributed by atoms with E-state index in [0.29, 0.717) is 12.5 Å². The highest BCUT2D eigenvalue weighted by Crippen LogP contribution is 2.38. The number of rotatable bonds is 5. The van der Waals surface area contributed by atoms with E-state index in [1.54, 1.807) is 6.20 Å². The largest absolute Gasteiger partial charge is 0.396 e. The van der Waals surface area contributed by atoms with Crippen LogP contribution >= 0.6 is 0 Å². The summed E-state index contributed by atoms with van der Waals surface area (Å²) in [5.41, 5.74) is -0.00453. The molecule has 1 unspecified atom stereocenters. The number of hydrogen-bond acceptors (Lipinski definition) is 6. The zero-order chi connectivity index (χ0) is 16.3. The first kappa shape index (κ1) is 16.5. The lowest BCUT2D eigenvalue weighted by molar-refractivity contribution is 0.136. The van der Waals surface area contributed by atoms with E-state index in [2.05, 4.69) is 19.8 Å². The number of hydrogen-bond donors (Lipinski definition) is 2. The minimum atomic E-state index is -0.268. The Labute approximate surface area is 138 Å². The Morgan fingerprint density at radius 1 is 1.35 bits per heavy atom. The van der Waals surface area contributed by atoms with Gasteiger partial charge in [0, 0.05) is 38.3 Å². The summed E-state index contributed by atoms with van der Waals surface area (Å²) in [6.45, 7) is 2.59. The predicted octanol–water partition coefficient (Wildman–Crippen LogP) is 1.43. The van der Waals surface area contributed by atoms with Crippen LogP contribution in [0.1, 0.15) is 38.5 Å². The Balaban J connectivity index is 1.71. The SMILES string of the molecule is CN(CC1(CO)CCCC1)c1nccc(N2CCCC(O)C2)n1. The molecule has 23 heavy (non-hydrogen) atoms. The van der Waals surface area contributed by atoms with Gasteiger partial charge in [-0.1, -0.05) is 12.8 Å². The fraction of sp³-hybridized carbons (Fsp3) is 0.765. The summed E-state index contributed by atoms with van der Waals surface area (Å²) in [4.78, 5) is 13.3. The van der Waals surface area contributed by atoms with Gasteiger partial charge >= 0.3 is 0 Å². The van der Waals surface area contributed by atoms with E-state index in [0.717, 1.165) is 44.6 Å². The van der Waals surface area contributed by atoms with Crippen LogP contribution in [-0.2, 0) is 0 Å². The van der Waals surface area contributed by atoms with Crippen molar-refractivity contribution in [3.05, 3.63) is 12.3 Å². The highest BCUT2D eigenvalue weighted by Gasteiger charge is 2.35. The molecule has 6 nitrogen and oxygen atoms in total. The average Bonchev–Trinajstić information content (AvgIpc) is 3.04. The lowest BCUT2D eigenvalue weighted by Gasteiger charge is -2.33. The predicted molar refractivity (Wildman–Crippen MR) is 90.7 cm³/mol. The Hall–Kier alpha value is -1.40. The third kappa shape index (κ3) is 3.75. The highest BCUT2D eigenvalue weighted by molar-refractivity contribution is 5.44. The molecule has 2 N–H and O–H groups in total. The molecule has 1 aromatic rings. The molecule has 2 fully saturated rings. The van der Waals surface area contributed by atoms with E-state index in [-0.39, 0.29) is 18.1 Å². The normalized spacial score (nSPS) is 24.0. The fourth-order valence-electron chi connectivity index (χ4n) is 3.93. The molecule has 3 rings (SSSR count). The molecule has 1 aliphatic carbocycles. The Kier molecular flexibility index (Phi) is 5.02. The highest BCUT2D eigenvalue weighted by atomic mass is 16.3. The molecule has 1 saturated heterocycles. The van der Waals surface area contributed by atoms with Crippen LogP contribution < -0.4 is 9.80 Å². The van der Waals surface area contributed by atoms with Crippen molar-refractivity contribution in [2.75, 3.05) is 43.1 Å². The summed E-state index contributed by atoms with van der Waals surface area (Å²) in [5, 5.41) is 19.6. The van der Waals surface area contributed by atoms with Gasteiger partial charge in [0.05, 0.1) is 12.7 Å². The van der Waals surface area contributed by atoms with Crippen LogP contribution in [0.25, 0.3) is 0 Å². The molecule has 0 bridgehead atoms. The summed E-state index contributed by atoms with van der Waals surface area (Å²) >= 11 is 0. The number of piperidine rings is 1. The van der Waals surface area contributed by atoms with Crippen LogP contribution in [-0.4, -0.2) is 59.6 Å². The lowest BCUT2D eigenvalue weighted by Crippen LogP contribution is -2.39. The van der Waals surface area contributed by atoms with Gasteiger partial charge in [0.1, 0.15) is 5.82 Å². The quantitative estimate of drug-likeness (QED) is 0.855. The summed E-state index contributed by atoms with van der Waals surface area (Å²) < 4.78 is 0. The zero-order valence-corrected chi connectivity index (χ0v) is 14.0. The van der Waals surface area contributed by atoms with E-state index in [1.165, 1.54) is 12.8 Å². The first-order valence-electron chi connectivity index (χ1n) is 8.70. The molecule has 1 aromatic heterocycles. The molecule has 2 heterocycles. The van der Waals surface area contributed by atoms with Crippen molar-refractivity contribution in [2.45, 2.75) is 44.6 Å². The summed E-state index contributed by atoms with van der Waals surface area (Å²) in [5.74, 6) is 1.58. The number of β-amino-alcohol motifs (C(OH)–C–C–N with tert-alkyl or cyclic N) is 1. The van der Waals surface area contributed by atoms with Gasteiger partial charge < -0.3 is 20.0 Å². The molecule has 0 aromatic carbocycles. The molecule has 128 valence electrons. The molecular formula is C17H28N4O2. The van der Waals surface area contributed by atoms with Crippen molar-refractivity contribution in [2.24, 2.45) is 5.41 Å². The molecular weight excluding hydrogens is 292 g/mol. The number of anilines is 2. The van der Waals surface area contributed by atoms with Gasteiger partial charge in [-0.3, -0.25) is 0 Å². The van der Waals surface area contributed by atoms with Gasteiger partial charge in [-0.2, -0.15) is 4.98 Å². The Bertz CT molecular complexity index is 519. The van der Waals surface area contributed by atoms with Gasteiger partial charge in [0.2, 0.25) is 5.95 Å². The van der Waals surface area contributed by atoms with E-state index >= 15 is 0 Å². The second-order valence-electron chi connectivity index (χ2n) is 7.18. The van der Waals surface area contributed by atoms with E-state index < -0.39 is 0 Å². The third-order valence-corrected chi connectivity index (χ3v) is 5.26. The maximum absolute atomic E-state index is 9.85. The average molecular weight is 320 g/mol. The minimum absolute atomic E-state index is 0.00453. The van der Waals surface area contributed by atoms with Crippen molar-refractivity contribution in [3.8, 4) is 0 Å². The van der Waals surface area contributed by atoms with Crippen LogP contribution in [0.15, 0.2) is 12.3 Å². The van der Waals surface area contributed by atoms with Gasteiger partial charge in [-0.15, -0.1) is 0 Å². The first-order chi connectivity index (χ1) is 11.1. The summed E-state index contributed by atoms with van der Waals surface area (Å²) in [6.07, 6.45) is 7.92. The zero-order valence-electron chi connectivity index (χ0n) is 14.0. The maximum atomic E-state index is 9.85. The number of aliphatic hydroxyl groups excluding tert-OH is 2. The molecule has 1 aliphatic heterocycles. The van der Waals surface area contributed by atoms with Gasteiger partial charge in [-0.05, 0) is 31.7 Å². The van der Waals surface area contributed by atoms with Crippen LogP contribution in [0.3, 0.4) is 0 Å². The topological polar surface area (TPSA) is 72.7 Å². The van der Waals surface area contributed by atoms with Gasteiger partial charge in [0.15, 0.2) is 0 Å². The lowest BCUT2D eigenvalue weighted by atomic mass is 9.87. The summed E-state index contributed by atoms with van der Waals surface area (Å²) in [7, 11) is 2.00. The standard InChI is InChI=1S/C17H28N4O2/c1-20(12-17(13-22)7-2-3-8-17)16-18-9-6-15(19-16)21-10-4-5-14(23)11-21/h6,9,14,22-23H,2-5,7-8,10-13H2,1H3. The molecule has 1 atom stereocenters. The number of nitrogens with zero attached hydrogens (tertiary/aromatic N) is 4. The fourth-order valence-corrected chi connectivity index (χ4v) is 3.93. The van der Waals surface area contributed by atoms with Crippen molar-refractivity contribution in [1.82, 2.24) is 9.97 Å². The molecule has 0 spiro atoms. The van der Waals surface area contributed by atoms with Crippen molar-refractivity contribution >= 4 is 11.8 Å². The molecule has 6 heteroatoms. The van der Waals surface area contributed by atoms with Crippen LogP contribution in [0.2, 0.25) is 0 Å². The molecule has 0 radical (unpaired) electrons. The van der Waals surface area contributed by atoms with E-state index in [1.807, 2.05) is 13.1 Å². The van der Waals surface area contributed by atoms with Gasteiger partial charge in [-0.25, -0.2) is 4.98 Å². The molecule has 2 aliphatic rings. The number of aliphatic hydroxyl groups is 2. The molecule has 1 saturated carbocycles. The van der Waals surface area contributed by atoms with E-state index in [9.17, 15) is 10.2 Å². The second kappa shape index (κ2) is 7.01. The second-order valence-corrected chi connectivity index (χ2v) is 7.18. The van der Waals surface area contributed by atoms with Gasteiger partial charge in [0.25, 0.3) is 0 Å². The van der Waals surface area contributed by atoms with Crippen molar-refractivity contribution in [1.29, 1.82) is 0 Å². The Morgan fingerprint density at radius 3 is 2.83 bits per heavy atom. The van der Waals surface area contributed by atoms with Crippen LogP contribution in [0.4, 0.5) is 11.8 Å². The monoisotopic (exact) mass is 320 g/mol. The van der Waals surface area contributed by atoms with Crippen LogP contribution in [0.5, 0.6) is 0 Å². The maximum Gasteiger partial charge on any atom is 0.227 e. The molecule has 0 amide bonds. The van der Waals surface area contributed by atoms with Crippen LogP contribution in [0, 0.1) is 5.41 Å². The third-order valence-electron chi connectivity index (χ3n) is 5.26. The summed E-state index contributed by atoms with van der Waals surface area (Å²) in [6, 6.07) is 1.91. The van der Waals surface area contributed by atoms with Crippen molar-refractivity contribution in [3.63, 3.8) is 0 Å². The first-order valence-corrected chi connectivity index (χ1v) is 8.70.